The van der Waals surface area contributed by atoms with E-state index in [2.05, 4.69) is 20.3 Å². The number of nitrogens with zero attached hydrogens (tertiary/aromatic N) is 4. The number of imidazole rings is 1. The maximum absolute atomic E-state index is 11.3. The molecule has 1 aliphatic rings. The number of hydrogen-bond donors (Lipinski definition) is 3. The fourth-order valence-electron chi connectivity index (χ4n) is 3.97. The Hall–Kier alpha value is -3.26. The first-order valence-electron chi connectivity index (χ1n) is 10.6. The number of aliphatic hydroxyl groups excluding tert-OH is 1. The summed E-state index contributed by atoms with van der Waals surface area (Å²) in [5, 5.41) is 23.2. The van der Waals surface area contributed by atoms with Crippen LogP contribution >= 0.6 is 0 Å². The summed E-state index contributed by atoms with van der Waals surface area (Å²) in [5.41, 5.74) is 3.62. The molecule has 0 bridgehead atoms. The lowest BCUT2D eigenvalue weighted by Gasteiger charge is -2.19. The summed E-state index contributed by atoms with van der Waals surface area (Å²) >= 11 is 0. The molecule has 4 heterocycles. The molecule has 0 spiro atoms. The summed E-state index contributed by atoms with van der Waals surface area (Å²) in [6.45, 7) is 1.42. The van der Waals surface area contributed by atoms with Crippen molar-refractivity contribution in [3.05, 3.63) is 71.7 Å². The number of rotatable bonds is 9. The summed E-state index contributed by atoms with van der Waals surface area (Å²) in [7, 11) is 0. The number of nitrogens with one attached hydrogen (secondary N) is 1. The van der Waals surface area contributed by atoms with Crippen LogP contribution in [-0.4, -0.2) is 42.2 Å². The van der Waals surface area contributed by atoms with E-state index in [1.54, 1.807) is 18.7 Å². The maximum atomic E-state index is 11.3. The van der Waals surface area contributed by atoms with Crippen molar-refractivity contribution in [3.63, 3.8) is 0 Å². The molecular weight excluding hydrogens is 394 g/mol. The van der Waals surface area contributed by atoms with Crippen LogP contribution in [0.1, 0.15) is 53.8 Å². The Morgan fingerprint density at radius 1 is 1.29 bits per heavy atom. The number of aliphatic hydroxyl groups is 1. The molecule has 31 heavy (non-hydrogen) atoms. The van der Waals surface area contributed by atoms with Crippen molar-refractivity contribution in [2.45, 2.75) is 50.7 Å². The van der Waals surface area contributed by atoms with Gasteiger partial charge in [-0.1, -0.05) is 12.1 Å². The minimum atomic E-state index is -0.843. The highest BCUT2D eigenvalue weighted by Gasteiger charge is 2.18. The second kappa shape index (κ2) is 9.70. The Morgan fingerprint density at radius 3 is 3.00 bits per heavy atom. The van der Waals surface area contributed by atoms with E-state index >= 15 is 0 Å². The molecule has 0 amide bonds. The zero-order valence-corrected chi connectivity index (χ0v) is 17.3. The molecule has 0 fully saturated rings. The van der Waals surface area contributed by atoms with Crippen molar-refractivity contribution in [1.29, 1.82) is 0 Å². The molecule has 0 aromatic carbocycles. The molecule has 3 N–H and O–H groups in total. The SMILES string of the molecule is O=C(O)CC(Cn1cnc(CCC(O)c2ccc3c(n2)NCCC3)c1)c1cccnc1. The predicted molar refractivity (Wildman–Crippen MR) is 116 cm³/mol. The molecule has 4 rings (SSSR count). The van der Waals surface area contributed by atoms with E-state index in [4.69, 9.17) is 0 Å². The van der Waals surface area contributed by atoms with Crippen LogP contribution in [0.2, 0.25) is 0 Å². The molecule has 3 aromatic heterocycles. The summed E-state index contributed by atoms with van der Waals surface area (Å²) in [5.74, 6) is -0.151. The second-order valence-electron chi connectivity index (χ2n) is 7.97. The van der Waals surface area contributed by atoms with Gasteiger partial charge >= 0.3 is 5.97 Å². The van der Waals surface area contributed by atoms with Gasteiger partial charge in [0.15, 0.2) is 0 Å². The van der Waals surface area contributed by atoms with E-state index in [1.165, 1.54) is 5.56 Å². The van der Waals surface area contributed by atoms with Crippen molar-refractivity contribution in [1.82, 2.24) is 19.5 Å². The normalized spacial score (nSPS) is 15.0. The first-order valence-corrected chi connectivity index (χ1v) is 10.6. The molecule has 8 heteroatoms. The monoisotopic (exact) mass is 421 g/mol. The average molecular weight is 422 g/mol. The van der Waals surface area contributed by atoms with Gasteiger partial charge in [0, 0.05) is 37.6 Å². The Balaban J connectivity index is 1.36. The van der Waals surface area contributed by atoms with Gasteiger partial charge in [-0.25, -0.2) is 9.97 Å². The van der Waals surface area contributed by atoms with Gasteiger partial charge in [0.05, 0.1) is 30.2 Å². The number of carboxylic acid groups (broad SMARTS) is 1. The molecule has 0 saturated carbocycles. The standard InChI is InChI=1S/C23H27N5O3/c29-21(20-7-5-16-3-2-10-25-23(16)27-20)8-6-19-14-28(15-26-19)13-18(11-22(30)31)17-4-1-9-24-12-17/h1,4-5,7,9,12,14-15,18,21,29H,2-3,6,8,10-11,13H2,(H,25,27)(H,30,31). The number of aryl methyl sites for hydroxylation is 2. The third-order valence-electron chi connectivity index (χ3n) is 5.63. The number of carboxylic acids is 1. The molecule has 2 unspecified atom stereocenters. The quantitative estimate of drug-likeness (QED) is 0.487. The number of fused-ring (bicyclic) bond motifs is 1. The van der Waals surface area contributed by atoms with Crippen LogP contribution in [0.4, 0.5) is 5.82 Å². The average Bonchev–Trinajstić information content (AvgIpc) is 3.24. The minimum Gasteiger partial charge on any atom is -0.481 e. The Labute approximate surface area is 181 Å². The number of hydrogen-bond acceptors (Lipinski definition) is 6. The number of pyridine rings is 2. The number of anilines is 1. The predicted octanol–water partition coefficient (Wildman–Crippen LogP) is 2.96. The van der Waals surface area contributed by atoms with Gasteiger partial charge in [0.2, 0.25) is 0 Å². The van der Waals surface area contributed by atoms with Gasteiger partial charge in [-0.15, -0.1) is 0 Å². The van der Waals surface area contributed by atoms with Gasteiger partial charge in [-0.05, 0) is 48.9 Å². The summed E-state index contributed by atoms with van der Waals surface area (Å²) in [4.78, 5) is 24.4. The highest BCUT2D eigenvalue weighted by molar-refractivity contribution is 5.68. The highest BCUT2D eigenvalue weighted by atomic mass is 16.4. The van der Waals surface area contributed by atoms with Crippen LogP contribution in [0.3, 0.4) is 0 Å². The lowest BCUT2D eigenvalue weighted by Crippen LogP contribution is -2.15. The Bertz CT molecular complexity index is 1020. The van der Waals surface area contributed by atoms with E-state index in [0.29, 0.717) is 25.1 Å². The van der Waals surface area contributed by atoms with E-state index < -0.39 is 12.1 Å². The van der Waals surface area contributed by atoms with Gasteiger partial charge in [0.25, 0.3) is 0 Å². The molecule has 1 aliphatic heterocycles. The zero-order chi connectivity index (χ0) is 21.6. The Morgan fingerprint density at radius 2 is 2.19 bits per heavy atom. The topological polar surface area (TPSA) is 113 Å². The number of carbonyl (C=O) groups is 1. The lowest BCUT2D eigenvalue weighted by atomic mass is 9.97. The largest absolute Gasteiger partial charge is 0.481 e. The van der Waals surface area contributed by atoms with Crippen molar-refractivity contribution in [2.75, 3.05) is 11.9 Å². The highest BCUT2D eigenvalue weighted by Crippen LogP contribution is 2.25. The Kier molecular flexibility index (Phi) is 6.57. The summed E-state index contributed by atoms with van der Waals surface area (Å²) in [6.07, 6.45) is 9.63. The fraction of sp³-hybridized carbons (Fsp3) is 0.391. The number of aromatic nitrogens is 4. The molecule has 2 atom stereocenters. The second-order valence-corrected chi connectivity index (χ2v) is 7.97. The van der Waals surface area contributed by atoms with Crippen molar-refractivity contribution in [3.8, 4) is 0 Å². The first kappa shape index (κ1) is 21.0. The van der Waals surface area contributed by atoms with Gasteiger partial charge < -0.3 is 20.1 Å². The van der Waals surface area contributed by atoms with E-state index in [1.807, 2.05) is 35.0 Å². The van der Waals surface area contributed by atoms with Crippen molar-refractivity contribution < 1.29 is 15.0 Å². The van der Waals surface area contributed by atoms with Crippen molar-refractivity contribution >= 4 is 11.8 Å². The lowest BCUT2D eigenvalue weighted by molar-refractivity contribution is -0.137. The fourth-order valence-corrected chi connectivity index (χ4v) is 3.97. The van der Waals surface area contributed by atoms with Gasteiger partial charge in [-0.2, -0.15) is 0 Å². The molecule has 0 saturated heterocycles. The van der Waals surface area contributed by atoms with Gasteiger partial charge in [0.1, 0.15) is 5.82 Å². The molecule has 162 valence electrons. The first-order chi connectivity index (χ1) is 15.1. The van der Waals surface area contributed by atoms with Crippen LogP contribution in [-0.2, 0) is 24.2 Å². The maximum Gasteiger partial charge on any atom is 0.304 e. The third kappa shape index (κ3) is 5.46. The molecule has 0 radical (unpaired) electrons. The zero-order valence-electron chi connectivity index (χ0n) is 17.3. The van der Waals surface area contributed by atoms with E-state index in [9.17, 15) is 15.0 Å². The van der Waals surface area contributed by atoms with Gasteiger partial charge in [-0.3, -0.25) is 9.78 Å². The summed E-state index contributed by atoms with van der Waals surface area (Å²) in [6, 6.07) is 7.66. The number of aliphatic carboxylic acids is 1. The third-order valence-corrected chi connectivity index (χ3v) is 5.63. The minimum absolute atomic E-state index is 0.0238. The van der Waals surface area contributed by atoms with Crippen LogP contribution in [0.5, 0.6) is 0 Å². The van der Waals surface area contributed by atoms with E-state index in [0.717, 1.165) is 36.5 Å². The van der Waals surface area contributed by atoms with Crippen molar-refractivity contribution in [2.24, 2.45) is 0 Å². The molecular formula is C23H27N5O3. The molecule has 3 aromatic rings. The van der Waals surface area contributed by atoms with Crippen LogP contribution in [0.25, 0.3) is 0 Å². The van der Waals surface area contributed by atoms with E-state index in [-0.39, 0.29) is 12.3 Å². The smallest absolute Gasteiger partial charge is 0.304 e. The molecule has 8 nitrogen and oxygen atoms in total. The van der Waals surface area contributed by atoms with Crippen LogP contribution in [0, 0.1) is 0 Å². The summed E-state index contributed by atoms with van der Waals surface area (Å²) < 4.78 is 1.91. The molecule has 0 aliphatic carbocycles. The van der Waals surface area contributed by atoms with Crippen LogP contribution < -0.4 is 5.32 Å². The van der Waals surface area contributed by atoms with Crippen LogP contribution in [0.15, 0.2) is 49.2 Å².